The lowest BCUT2D eigenvalue weighted by Gasteiger charge is -2.21. The van der Waals surface area contributed by atoms with Gasteiger partial charge in [-0.05, 0) is 43.9 Å². The van der Waals surface area contributed by atoms with Crippen molar-refractivity contribution < 1.29 is 9.18 Å². The van der Waals surface area contributed by atoms with Crippen molar-refractivity contribution in [1.29, 1.82) is 0 Å². The summed E-state index contributed by atoms with van der Waals surface area (Å²) < 4.78 is 14.0. The summed E-state index contributed by atoms with van der Waals surface area (Å²) in [5.41, 5.74) is 5.93. The molecule has 0 radical (unpaired) electrons. The van der Waals surface area contributed by atoms with Crippen LogP contribution in [0.5, 0.6) is 0 Å². The van der Waals surface area contributed by atoms with E-state index in [0.29, 0.717) is 18.0 Å². The highest BCUT2D eigenvalue weighted by atomic mass is 19.1. The van der Waals surface area contributed by atoms with Gasteiger partial charge in [-0.1, -0.05) is 11.8 Å². The first-order valence-electron chi connectivity index (χ1n) is 6.93. The third kappa shape index (κ3) is 3.58. The average molecular weight is 274 g/mol. The van der Waals surface area contributed by atoms with E-state index in [1.165, 1.54) is 25.0 Å². The summed E-state index contributed by atoms with van der Waals surface area (Å²) in [5.74, 6) is 5.25. The molecule has 1 amide bonds. The van der Waals surface area contributed by atoms with Crippen LogP contribution in [-0.4, -0.2) is 30.4 Å². The van der Waals surface area contributed by atoms with Crippen LogP contribution in [0.25, 0.3) is 0 Å². The molecular formula is C16H19FN2O. The molecule has 0 unspecified atom stereocenters. The first-order valence-corrected chi connectivity index (χ1v) is 6.93. The molecule has 0 spiro atoms. The number of halogens is 1. The van der Waals surface area contributed by atoms with Gasteiger partial charge in [0.25, 0.3) is 5.91 Å². The summed E-state index contributed by atoms with van der Waals surface area (Å²) in [6.45, 7) is 3.47. The van der Waals surface area contributed by atoms with Gasteiger partial charge in [0.1, 0.15) is 5.82 Å². The SMILES string of the molecule is CCN(CC1CC1)C(=O)c1ccc(C#CCN)cc1F. The van der Waals surface area contributed by atoms with Crippen LogP contribution in [-0.2, 0) is 0 Å². The van der Waals surface area contributed by atoms with Gasteiger partial charge in [-0.2, -0.15) is 0 Å². The lowest BCUT2D eigenvalue weighted by atomic mass is 10.1. The fourth-order valence-corrected chi connectivity index (χ4v) is 2.06. The summed E-state index contributed by atoms with van der Waals surface area (Å²) >= 11 is 0. The van der Waals surface area contributed by atoms with Crippen molar-refractivity contribution in [2.75, 3.05) is 19.6 Å². The monoisotopic (exact) mass is 274 g/mol. The number of hydrogen-bond donors (Lipinski definition) is 1. The normalized spacial score (nSPS) is 13.6. The third-order valence-electron chi connectivity index (χ3n) is 3.38. The number of benzene rings is 1. The maximum Gasteiger partial charge on any atom is 0.256 e. The summed E-state index contributed by atoms with van der Waals surface area (Å²) in [5, 5.41) is 0. The molecular weight excluding hydrogens is 255 g/mol. The van der Waals surface area contributed by atoms with E-state index >= 15 is 0 Å². The molecule has 106 valence electrons. The van der Waals surface area contributed by atoms with E-state index in [1.807, 2.05) is 6.92 Å². The van der Waals surface area contributed by atoms with Crippen molar-refractivity contribution in [3.8, 4) is 11.8 Å². The second-order valence-electron chi connectivity index (χ2n) is 4.99. The largest absolute Gasteiger partial charge is 0.339 e. The number of nitrogens with zero attached hydrogens (tertiary/aromatic N) is 1. The van der Waals surface area contributed by atoms with Crippen molar-refractivity contribution in [2.24, 2.45) is 11.7 Å². The van der Waals surface area contributed by atoms with Crippen molar-refractivity contribution in [2.45, 2.75) is 19.8 Å². The van der Waals surface area contributed by atoms with Crippen LogP contribution in [0, 0.1) is 23.6 Å². The van der Waals surface area contributed by atoms with E-state index in [1.54, 1.807) is 11.0 Å². The zero-order valence-corrected chi connectivity index (χ0v) is 11.7. The number of nitrogens with two attached hydrogens (primary N) is 1. The fourth-order valence-electron chi connectivity index (χ4n) is 2.06. The smallest absolute Gasteiger partial charge is 0.256 e. The molecule has 3 nitrogen and oxygen atoms in total. The quantitative estimate of drug-likeness (QED) is 0.854. The van der Waals surface area contributed by atoms with Crippen molar-refractivity contribution >= 4 is 5.91 Å². The fraction of sp³-hybridized carbons (Fsp3) is 0.438. The van der Waals surface area contributed by atoms with E-state index in [2.05, 4.69) is 11.8 Å². The minimum Gasteiger partial charge on any atom is -0.339 e. The van der Waals surface area contributed by atoms with Gasteiger partial charge in [0.05, 0.1) is 12.1 Å². The lowest BCUT2D eigenvalue weighted by Crippen LogP contribution is -2.33. The molecule has 0 aromatic heterocycles. The van der Waals surface area contributed by atoms with E-state index in [-0.39, 0.29) is 18.0 Å². The number of rotatable bonds is 4. The predicted molar refractivity (Wildman–Crippen MR) is 76.6 cm³/mol. The first kappa shape index (κ1) is 14.5. The highest BCUT2D eigenvalue weighted by Gasteiger charge is 2.27. The maximum absolute atomic E-state index is 14.0. The van der Waals surface area contributed by atoms with Gasteiger partial charge in [0.2, 0.25) is 0 Å². The Labute approximate surface area is 119 Å². The minimum absolute atomic E-state index is 0.116. The standard InChI is InChI=1S/C16H19FN2O/c1-2-19(11-13-5-6-13)16(20)14-8-7-12(4-3-9-18)10-15(14)17/h7-8,10,13H,2,5-6,9,11,18H2,1H3. The molecule has 0 heterocycles. The van der Waals surface area contributed by atoms with Crippen LogP contribution in [0.4, 0.5) is 4.39 Å². The molecule has 2 N–H and O–H groups in total. The Morgan fingerprint density at radius 1 is 1.50 bits per heavy atom. The van der Waals surface area contributed by atoms with Crippen LogP contribution in [0.15, 0.2) is 18.2 Å². The van der Waals surface area contributed by atoms with E-state index < -0.39 is 5.82 Å². The van der Waals surface area contributed by atoms with E-state index in [9.17, 15) is 9.18 Å². The number of carbonyl (C=O) groups excluding carboxylic acids is 1. The molecule has 0 saturated heterocycles. The molecule has 0 atom stereocenters. The van der Waals surface area contributed by atoms with Crippen LogP contribution in [0.3, 0.4) is 0 Å². The van der Waals surface area contributed by atoms with Crippen LogP contribution >= 0.6 is 0 Å². The Morgan fingerprint density at radius 2 is 2.25 bits per heavy atom. The van der Waals surface area contributed by atoms with Gasteiger partial charge in [0, 0.05) is 18.7 Å². The molecule has 1 aromatic rings. The number of hydrogen-bond acceptors (Lipinski definition) is 2. The van der Waals surface area contributed by atoms with Crippen molar-refractivity contribution in [3.63, 3.8) is 0 Å². The van der Waals surface area contributed by atoms with Gasteiger partial charge >= 0.3 is 0 Å². The molecule has 1 aromatic carbocycles. The lowest BCUT2D eigenvalue weighted by molar-refractivity contribution is 0.0752. The predicted octanol–water partition coefficient (Wildman–Crippen LogP) is 2.01. The van der Waals surface area contributed by atoms with E-state index in [0.717, 1.165) is 6.54 Å². The Kier molecular flexibility index (Phi) is 4.75. The average Bonchev–Trinajstić information content (AvgIpc) is 3.26. The zero-order chi connectivity index (χ0) is 14.5. The molecule has 2 rings (SSSR count). The first-order chi connectivity index (χ1) is 9.65. The third-order valence-corrected chi connectivity index (χ3v) is 3.38. The molecule has 1 aliphatic rings. The molecule has 1 fully saturated rings. The molecule has 1 aliphatic carbocycles. The summed E-state index contributed by atoms with van der Waals surface area (Å²) in [4.78, 5) is 14.0. The topological polar surface area (TPSA) is 46.3 Å². The van der Waals surface area contributed by atoms with Crippen LogP contribution in [0.2, 0.25) is 0 Å². The van der Waals surface area contributed by atoms with Gasteiger partial charge < -0.3 is 10.6 Å². The Morgan fingerprint density at radius 3 is 2.80 bits per heavy atom. The molecule has 0 aliphatic heterocycles. The summed E-state index contributed by atoms with van der Waals surface area (Å²) in [6.07, 6.45) is 2.33. The highest BCUT2D eigenvalue weighted by molar-refractivity contribution is 5.94. The van der Waals surface area contributed by atoms with E-state index in [4.69, 9.17) is 5.73 Å². The number of amides is 1. The molecule has 1 saturated carbocycles. The van der Waals surface area contributed by atoms with Gasteiger partial charge in [0.15, 0.2) is 0 Å². The zero-order valence-electron chi connectivity index (χ0n) is 11.7. The van der Waals surface area contributed by atoms with Crippen molar-refractivity contribution in [1.82, 2.24) is 4.90 Å². The molecule has 0 bridgehead atoms. The van der Waals surface area contributed by atoms with Crippen molar-refractivity contribution in [3.05, 3.63) is 35.1 Å². The van der Waals surface area contributed by atoms with Gasteiger partial charge in [-0.15, -0.1) is 0 Å². The van der Waals surface area contributed by atoms with Gasteiger partial charge in [-0.3, -0.25) is 4.79 Å². The highest BCUT2D eigenvalue weighted by Crippen LogP contribution is 2.30. The molecule has 20 heavy (non-hydrogen) atoms. The Balaban J connectivity index is 2.16. The maximum atomic E-state index is 14.0. The molecule has 4 heteroatoms. The van der Waals surface area contributed by atoms with Crippen LogP contribution < -0.4 is 5.73 Å². The summed E-state index contributed by atoms with van der Waals surface area (Å²) in [7, 11) is 0. The Hall–Kier alpha value is -1.86. The minimum atomic E-state index is -0.520. The van der Waals surface area contributed by atoms with Crippen LogP contribution in [0.1, 0.15) is 35.7 Å². The summed E-state index contributed by atoms with van der Waals surface area (Å²) in [6, 6.07) is 4.46. The second-order valence-corrected chi connectivity index (χ2v) is 4.99. The number of carbonyl (C=O) groups is 1. The van der Waals surface area contributed by atoms with Gasteiger partial charge in [-0.25, -0.2) is 4.39 Å². The Bertz CT molecular complexity index is 555. The second kappa shape index (κ2) is 6.53.